The number of esters is 1. The van der Waals surface area contributed by atoms with Crippen LogP contribution in [0.3, 0.4) is 0 Å². The lowest BCUT2D eigenvalue weighted by Gasteiger charge is -2.25. The van der Waals surface area contributed by atoms with Crippen molar-refractivity contribution in [1.29, 1.82) is 0 Å². The van der Waals surface area contributed by atoms with Crippen molar-refractivity contribution in [2.24, 2.45) is 5.92 Å². The zero-order valence-corrected chi connectivity index (χ0v) is 13.5. The highest BCUT2D eigenvalue weighted by Gasteiger charge is 2.38. The van der Waals surface area contributed by atoms with Crippen LogP contribution in [0.1, 0.15) is 37.8 Å². The van der Waals surface area contributed by atoms with Gasteiger partial charge in [0, 0.05) is 19.0 Å². The molecule has 1 aliphatic rings. The van der Waals surface area contributed by atoms with Gasteiger partial charge >= 0.3 is 5.97 Å². The summed E-state index contributed by atoms with van der Waals surface area (Å²) in [5.41, 5.74) is 1.76. The lowest BCUT2D eigenvalue weighted by atomic mass is 9.87. The van der Waals surface area contributed by atoms with Crippen LogP contribution in [0.2, 0.25) is 0 Å². The van der Waals surface area contributed by atoms with Gasteiger partial charge in [-0.15, -0.1) is 0 Å². The van der Waals surface area contributed by atoms with Crippen molar-refractivity contribution in [3.63, 3.8) is 0 Å². The Bertz CT molecular complexity index is 519. The third kappa shape index (κ3) is 3.76. The highest BCUT2D eigenvalue weighted by molar-refractivity contribution is 5.75. The number of carbonyl (C=O) groups is 1. The van der Waals surface area contributed by atoms with Crippen LogP contribution in [0.4, 0.5) is 0 Å². The standard InChI is InChI=1S/C17H25NO3/c1-11-6-7-12(15(8-11)20-5)13-9-18-10-14(13)16(19)21-17(2,3)4/h6-8,13-14,18H,9-10H2,1-5H3/t13-,14+/m0/s1. The van der Waals surface area contributed by atoms with E-state index < -0.39 is 5.60 Å². The average molecular weight is 291 g/mol. The third-order valence-corrected chi connectivity index (χ3v) is 3.71. The zero-order valence-electron chi connectivity index (χ0n) is 13.5. The first-order valence-corrected chi connectivity index (χ1v) is 7.40. The molecule has 0 aliphatic carbocycles. The van der Waals surface area contributed by atoms with E-state index in [0.29, 0.717) is 6.54 Å². The van der Waals surface area contributed by atoms with Crippen LogP contribution in [0.15, 0.2) is 18.2 Å². The molecule has 1 heterocycles. The minimum absolute atomic E-state index is 0.0930. The summed E-state index contributed by atoms with van der Waals surface area (Å²) in [7, 11) is 1.67. The first-order valence-electron chi connectivity index (χ1n) is 7.40. The van der Waals surface area contributed by atoms with E-state index in [0.717, 1.165) is 23.4 Å². The topological polar surface area (TPSA) is 47.6 Å². The maximum absolute atomic E-state index is 12.4. The molecule has 0 unspecified atom stereocenters. The molecule has 1 N–H and O–H groups in total. The highest BCUT2D eigenvalue weighted by atomic mass is 16.6. The molecule has 4 nitrogen and oxygen atoms in total. The largest absolute Gasteiger partial charge is 0.496 e. The fourth-order valence-electron chi connectivity index (χ4n) is 2.76. The Morgan fingerprint density at radius 3 is 2.62 bits per heavy atom. The summed E-state index contributed by atoms with van der Waals surface area (Å²) in [6.45, 7) is 9.14. The molecule has 0 saturated carbocycles. The number of rotatable bonds is 3. The molecule has 0 radical (unpaired) electrons. The molecule has 0 aromatic heterocycles. The van der Waals surface area contributed by atoms with Crippen molar-refractivity contribution in [2.45, 2.75) is 39.2 Å². The van der Waals surface area contributed by atoms with E-state index in [1.54, 1.807) is 7.11 Å². The summed E-state index contributed by atoms with van der Waals surface area (Å²) >= 11 is 0. The molecule has 2 atom stereocenters. The van der Waals surface area contributed by atoms with Crippen LogP contribution in [0.25, 0.3) is 0 Å². The lowest BCUT2D eigenvalue weighted by molar-refractivity contribution is -0.159. The Morgan fingerprint density at radius 2 is 2.00 bits per heavy atom. The molecule has 0 spiro atoms. The second kappa shape index (κ2) is 6.06. The third-order valence-electron chi connectivity index (χ3n) is 3.71. The molecule has 21 heavy (non-hydrogen) atoms. The molecule has 1 aliphatic heterocycles. The van der Waals surface area contributed by atoms with Gasteiger partial charge in [-0.05, 0) is 44.9 Å². The van der Waals surface area contributed by atoms with E-state index >= 15 is 0 Å². The van der Waals surface area contributed by atoms with Gasteiger partial charge < -0.3 is 14.8 Å². The monoisotopic (exact) mass is 291 g/mol. The van der Waals surface area contributed by atoms with Crippen molar-refractivity contribution < 1.29 is 14.3 Å². The SMILES string of the molecule is COc1cc(C)ccc1[C@@H]1CNC[C@H]1C(=O)OC(C)(C)C. The molecule has 1 aromatic carbocycles. The fourth-order valence-corrected chi connectivity index (χ4v) is 2.76. The molecule has 0 amide bonds. The number of hydrogen-bond donors (Lipinski definition) is 1. The molecule has 116 valence electrons. The summed E-state index contributed by atoms with van der Waals surface area (Å²) in [4.78, 5) is 12.4. The van der Waals surface area contributed by atoms with E-state index in [-0.39, 0.29) is 17.8 Å². The van der Waals surface area contributed by atoms with E-state index in [1.807, 2.05) is 33.8 Å². The Balaban J connectivity index is 2.24. The normalized spacial score (nSPS) is 22.1. The van der Waals surface area contributed by atoms with Crippen molar-refractivity contribution >= 4 is 5.97 Å². The van der Waals surface area contributed by atoms with Gasteiger partial charge in [0.1, 0.15) is 11.4 Å². The molecule has 1 saturated heterocycles. The van der Waals surface area contributed by atoms with Crippen LogP contribution in [0, 0.1) is 12.8 Å². The van der Waals surface area contributed by atoms with E-state index in [1.165, 1.54) is 0 Å². The maximum atomic E-state index is 12.4. The van der Waals surface area contributed by atoms with Gasteiger partial charge in [0.15, 0.2) is 0 Å². The number of methoxy groups -OCH3 is 1. The number of nitrogens with one attached hydrogen (secondary N) is 1. The van der Waals surface area contributed by atoms with Crippen molar-refractivity contribution in [3.8, 4) is 5.75 Å². The Hall–Kier alpha value is -1.55. The van der Waals surface area contributed by atoms with Gasteiger partial charge in [-0.1, -0.05) is 12.1 Å². The second-order valence-corrected chi connectivity index (χ2v) is 6.65. The first kappa shape index (κ1) is 15.8. The van der Waals surface area contributed by atoms with Crippen LogP contribution in [-0.2, 0) is 9.53 Å². The second-order valence-electron chi connectivity index (χ2n) is 6.65. The highest BCUT2D eigenvalue weighted by Crippen LogP contribution is 2.36. The first-order chi connectivity index (χ1) is 9.81. The molecule has 4 heteroatoms. The maximum Gasteiger partial charge on any atom is 0.311 e. The summed E-state index contributed by atoms with van der Waals surface area (Å²) < 4.78 is 11.0. The van der Waals surface area contributed by atoms with Crippen molar-refractivity contribution in [2.75, 3.05) is 20.2 Å². The number of benzene rings is 1. The Kier molecular flexibility index (Phi) is 4.57. The molecular formula is C17H25NO3. The smallest absolute Gasteiger partial charge is 0.311 e. The Morgan fingerprint density at radius 1 is 1.29 bits per heavy atom. The van der Waals surface area contributed by atoms with Gasteiger partial charge in [-0.25, -0.2) is 0 Å². The van der Waals surface area contributed by atoms with E-state index in [2.05, 4.69) is 17.4 Å². The molecule has 2 rings (SSSR count). The minimum Gasteiger partial charge on any atom is -0.496 e. The number of carbonyl (C=O) groups excluding carboxylic acids is 1. The summed E-state index contributed by atoms with van der Waals surface area (Å²) in [5, 5.41) is 3.30. The lowest BCUT2D eigenvalue weighted by Crippen LogP contribution is -2.31. The number of hydrogen-bond acceptors (Lipinski definition) is 4. The Labute approximate surface area is 126 Å². The van der Waals surface area contributed by atoms with Crippen LogP contribution >= 0.6 is 0 Å². The summed E-state index contributed by atoms with van der Waals surface area (Å²) in [5.74, 6) is 0.633. The van der Waals surface area contributed by atoms with E-state index in [4.69, 9.17) is 9.47 Å². The zero-order chi connectivity index (χ0) is 15.6. The van der Waals surface area contributed by atoms with Crippen LogP contribution < -0.4 is 10.1 Å². The number of aryl methyl sites for hydroxylation is 1. The molecule has 1 fully saturated rings. The van der Waals surface area contributed by atoms with E-state index in [9.17, 15) is 4.79 Å². The predicted molar refractivity (Wildman–Crippen MR) is 82.7 cm³/mol. The van der Waals surface area contributed by atoms with Crippen molar-refractivity contribution in [3.05, 3.63) is 29.3 Å². The van der Waals surface area contributed by atoms with Crippen LogP contribution in [0.5, 0.6) is 5.75 Å². The molecular weight excluding hydrogens is 266 g/mol. The predicted octanol–water partition coefficient (Wildman–Crippen LogP) is 2.65. The van der Waals surface area contributed by atoms with Crippen LogP contribution in [-0.4, -0.2) is 31.8 Å². The quantitative estimate of drug-likeness (QED) is 0.870. The van der Waals surface area contributed by atoms with Gasteiger partial charge in [-0.3, -0.25) is 4.79 Å². The van der Waals surface area contributed by atoms with Gasteiger partial charge in [0.05, 0.1) is 13.0 Å². The molecule has 0 bridgehead atoms. The molecule has 1 aromatic rings. The summed E-state index contributed by atoms with van der Waals surface area (Å²) in [6, 6.07) is 6.13. The summed E-state index contributed by atoms with van der Waals surface area (Å²) in [6.07, 6.45) is 0. The van der Waals surface area contributed by atoms with Gasteiger partial charge in [0.25, 0.3) is 0 Å². The minimum atomic E-state index is -0.457. The number of ether oxygens (including phenoxy) is 2. The fraction of sp³-hybridized carbons (Fsp3) is 0.588. The average Bonchev–Trinajstić information content (AvgIpc) is 2.85. The van der Waals surface area contributed by atoms with Gasteiger partial charge in [-0.2, -0.15) is 0 Å². The van der Waals surface area contributed by atoms with Crippen molar-refractivity contribution in [1.82, 2.24) is 5.32 Å². The van der Waals surface area contributed by atoms with Gasteiger partial charge in [0.2, 0.25) is 0 Å².